The van der Waals surface area contributed by atoms with Crippen LogP contribution in [0, 0.1) is 23.2 Å². The molecule has 3 aromatic rings. The van der Waals surface area contributed by atoms with Crippen molar-refractivity contribution in [2.45, 2.75) is 69.8 Å². The van der Waals surface area contributed by atoms with Gasteiger partial charge in [-0.2, -0.15) is 18.4 Å². The van der Waals surface area contributed by atoms with Crippen molar-refractivity contribution in [3.8, 4) is 6.07 Å². The van der Waals surface area contributed by atoms with Gasteiger partial charge in [0.15, 0.2) is 0 Å². The summed E-state index contributed by atoms with van der Waals surface area (Å²) in [6, 6.07) is 12.5. The molecule has 6 rings (SSSR count). The second-order valence-corrected chi connectivity index (χ2v) is 11.8. The summed E-state index contributed by atoms with van der Waals surface area (Å²) in [7, 11) is 1.86. The monoisotopic (exact) mass is 548 g/mol. The molecule has 2 heterocycles. The number of alkyl halides is 3. The van der Waals surface area contributed by atoms with E-state index in [1.807, 2.05) is 29.8 Å². The first-order valence-electron chi connectivity index (χ1n) is 13.7. The van der Waals surface area contributed by atoms with Crippen LogP contribution in [0.25, 0.3) is 0 Å². The number of nitrogens with zero attached hydrogens (tertiary/aromatic N) is 5. The third kappa shape index (κ3) is 4.66. The number of anilines is 1. The number of benzene rings is 2. The van der Waals surface area contributed by atoms with E-state index in [0.717, 1.165) is 43.5 Å². The van der Waals surface area contributed by atoms with E-state index in [0.29, 0.717) is 11.3 Å². The van der Waals surface area contributed by atoms with Crippen LogP contribution in [-0.4, -0.2) is 26.2 Å². The zero-order valence-electron chi connectivity index (χ0n) is 22.5. The highest BCUT2D eigenvalue weighted by Gasteiger charge is 2.42. The van der Waals surface area contributed by atoms with Crippen LogP contribution in [-0.2, 0) is 26.3 Å². The summed E-state index contributed by atoms with van der Waals surface area (Å²) < 4.78 is 44.5. The number of rotatable bonds is 7. The van der Waals surface area contributed by atoms with Crippen molar-refractivity contribution in [2.24, 2.45) is 18.9 Å². The van der Waals surface area contributed by atoms with E-state index in [1.54, 1.807) is 18.5 Å². The highest BCUT2D eigenvalue weighted by Crippen LogP contribution is 2.47. The molecular formula is C30H31F3N6O. The molecule has 2 fully saturated rings. The van der Waals surface area contributed by atoms with E-state index >= 15 is 0 Å². The number of halogens is 3. The maximum Gasteiger partial charge on any atom is 0.416 e. The van der Waals surface area contributed by atoms with Gasteiger partial charge in [0.25, 0.3) is 5.91 Å². The van der Waals surface area contributed by atoms with Gasteiger partial charge in [0.2, 0.25) is 0 Å². The van der Waals surface area contributed by atoms with Gasteiger partial charge in [-0.05, 0) is 85.9 Å². The summed E-state index contributed by atoms with van der Waals surface area (Å²) >= 11 is 0. The molecule has 0 saturated heterocycles. The average molecular weight is 549 g/mol. The van der Waals surface area contributed by atoms with E-state index in [-0.39, 0.29) is 47.5 Å². The molecule has 1 atom stereocenters. The third-order valence-electron chi connectivity index (χ3n) is 8.98. The Kier molecular flexibility index (Phi) is 6.45. The van der Waals surface area contributed by atoms with Crippen LogP contribution in [0.15, 0.2) is 42.7 Å². The third-order valence-corrected chi connectivity index (χ3v) is 8.98. The standard InChI is InChI=1S/C30H31F3N6O/c1-29(7-4-8-29)35-15-19-11-23-24(25(12-19)30(31,32)33)16-39(28(23)40)22-6-3-5-20(13-22)26(21-9-18(10-21)14-34)27-37-36-17-38(27)2/h3,5-6,11-13,17-18,21,26,35H,4,7-10,15-16H2,1-2H3/t18-,21+,26-/m1/s1. The molecule has 2 aromatic carbocycles. The Morgan fingerprint density at radius 2 is 2.00 bits per heavy atom. The zero-order chi connectivity index (χ0) is 28.2. The minimum Gasteiger partial charge on any atom is -0.320 e. The van der Waals surface area contributed by atoms with Crippen LogP contribution in [0.3, 0.4) is 0 Å². The SMILES string of the molecule is Cn1cnnc1[C@H](c1cccc(N2Cc3c(cc(CNC4(C)CCC4)cc3C(F)(F)F)C2=O)c1)[C@H]1C[C@@H](C#N)C1. The molecule has 2 saturated carbocycles. The summed E-state index contributed by atoms with van der Waals surface area (Å²) in [5, 5.41) is 21.1. The Morgan fingerprint density at radius 3 is 2.62 bits per heavy atom. The van der Waals surface area contributed by atoms with Gasteiger partial charge in [-0.25, -0.2) is 0 Å². The summed E-state index contributed by atoms with van der Waals surface area (Å²) in [4.78, 5) is 15.1. The Hall–Kier alpha value is -3.71. The number of carbonyl (C=O) groups excluding carboxylic acids is 1. The molecule has 0 bridgehead atoms. The Balaban J connectivity index is 1.32. The van der Waals surface area contributed by atoms with Crippen molar-refractivity contribution in [1.29, 1.82) is 5.26 Å². The molecule has 0 spiro atoms. The second kappa shape index (κ2) is 9.73. The smallest absolute Gasteiger partial charge is 0.320 e. The number of nitrogens with one attached hydrogen (secondary N) is 1. The lowest BCUT2D eigenvalue weighted by Gasteiger charge is -2.39. The number of fused-ring (bicyclic) bond motifs is 1. The van der Waals surface area contributed by atoms with Gasteiger partial charge < -0.3 is 14.8 Å². The maximum atomic E-state index is 14.2. The molecule has 1 aliphatic heterocycles. The first kappa shape index (κ1) is 26.5. The number of nitriles is 1. The molecule has 10 heteroatoms. The van der Waals surface area contributed by atoms with Crippen LogP contribution in [0.4, 0.5) is 18.9 Å². The number of carbonyl (C=O) groups is 1. The van der Waals surface area contributed by atoms with Crippen molar-refractivity contribution >= 4 is 11.6 Å². The van der Waals surface area contributed by atoms with Crippen molar-refractivity contribution in [2.75, 3.05) is 4.90 Å². The number of aryl methyl sites for hydroxylation is 1. The van der Waals surface area contributed by atoms with Crippen LogP contribution < -0.4 is 10.2 Å². The first-order chi connectivity index (χ1) is 19.1. The van der Waals surface area contributed by atoms with Crippen molar-refractivity contribution in [1.82, 2.24) is 20.1 Å². The fourth-order valence-corrected chi connectivity index (χ4v) is 6.36. The molecule has 3 aliphatic rings. The highest BCUT2D eigenvalue weighted by atomic mass is 19.4. The molecule has 0 radical (unpaired) electrons. The van der Waals surface area contributed by atoms with E-state index in [1.165, 1.54) is 11.0 Å². The number of hydrogen-bond acceptors (Lipinski definition) is 5. The lowest BCUT2D eigenvalue weighted by molar-refractivity contribution is -0.138. The molecule has 7 nitrogen and oxygen atoms in total. The van der Waals surface area contributed by atoms with Crippen molar-refractivity contribution in [3.63, 3.8) is 0 Å². The minimum atomic E-state index is -4.57. The van der Waals surface area contributed by atoms with Gasteiger partial charge in [0, 0.05) is 42.2 Å². The summed E-state index contributed by atoms with van der Waals surface area (Å²) in [5.41, 5.74) is 1.20. The number of hydrogen-bond donors (Lipinski definition) is 1. The number of amides is 1. The topological polar surface area (TPSA) is 86.8 Å². The van der Waals surface area contributed by atoms with Gasteiger partial charge in [-0.15, -0.1) is 10.2 Å². The predicted molar refractivity (Wildman–Crippen MR) is 142 cm³/mol. The molecule has 0 unspecified atom stereocenters. The van der Waals surface area contributed by atoms with E-state index in [9.17, 15) is 23.2 Å². The molecule has 40 heavy (non-hydrogen) atoms. The van der Waals surface area contributed by atoms with Crippen molar-refractivity contribution < 1.29 is 18.0 Å². The van der Waals surface area contributed by atoms with Gasteiger partial charge in [0.05, 0.1) is 18.2 Å². The molecule has 1 aromatic heterocycles. The van der Waals surface area contributed by atoms with Crippen LogP contribution >= 0.6 is 0 Å². The molecule has 1 amide bonds. The van der Waals surface area contributed by atoms with E-state index < -0.39 is 17.6 Å². The Bertz CT molecular complexity index is 1500. The lowest BCUT2D eigenvalue weighted by Crippen LogP contribution is -2.47. The van der Waals surface area contributed by atoms with Gasteiger partial charge in [-0.3, -0.25) is 4.79 Å². The highest BCUT2D eigenvalue weighted by molar-refractivity contribution is 6.10. The largest absolute Gasteiger partial charge is 0.416 e. The zero-order valence-corrected chi connectivity index (χ0v) is 22.5. The Labute approximate surface area is 231 Å². The maximum absolute atomic E-state index is 14.2. The second-order valence-electron chi connectivity index (χ2n) is 11.8. The summed E-state index contributed by atoms with van der Waals surface area (Å²) in [5.74, 6) is 0.353. The van der Waals surface area contributed by atoms with Gasteiger partial charge >= 0.3 is 6.18 Å². The summed E-state index contributed by atoms with van der Waals surface area (Å²) in [6.07, 6.45) is 1.60. The first-order valence-corrected chi connectivity index (χ1v) is 13.7. The van der Waals surface area contributed by atoms with Crippen molar-refractivity contribution in [3.05, 3.63) is 76.4 Å². The van der Waals surface area contributed by atoms with Crippen LogP contribution in [0.2, 0.25) is 0 Å². The van der Waals surface area contributed by atoms with E-state index in [2.05, 4.69) is 28.5 Å². The molecular weight excluding hydrogens is 517 g/mol. The normalized spacial score (nSPS) is 22.3. The lowest BCUT2D eigenvalue weighted by atomic mass is 9.67. The quantitative estimate of drug-likeness (QED) is 0.409. The fourth-order valence-electron chi connectivity index (χ4n) is 6.36. The van der Waals surface area contributed by atoms with Gasteiger partial charge in [0.1, 0.15) is 12.2 Å². The van der Waals surface area contributed by atoms with Crippen LogP contribution in [0.1, 0.15) is 83.4 Å². The molecule has 208 valence electrons. The summed E-state index contributed by atoms with van der Waals surface area (Å²) in [6.45, 7) is 2.21. The van der Waals surface area contributed by atoms with Crippen LogP contribution in [0.5, 0.6) is 0 Å². The average Bonchev–Trinajstić information content (AvgIpc) is 3.45. The fraction of sp³-hybridized carbons (Fsp3) is 0.467. The molecule has 1 N–H and O–H groups in total. The molecule has 2 aliphatic carbocycles. The minimum absolute atomic E-state index is 0.00470. The Morgan fingerprint density at radius 1 is 1.23 bits per heavy atom. The van der Waals surface area contributed by atoms with Gasteiger partial charge in [-0.1, -0.05) is 12.1 Å². The predicted octanol–water partition coefficient (Wildman–Crippen LogP) is 5.71. The van der Waals surface area contributed by atoms with E-state index in [4.69, 9.17) is 0 Å². The number of aromatic nitrogens is 3.